The number of carbonyl (C=O) groups is 2. The Kier molecular flexibility index (Phi) is 26.1. The van der Waals surface area contributed by atoms with Crippen molar-refractivity contribution in [3.63, 3.8) is 0 Å². The number of hydrogen-bond acceptors (Lipinski definition) is 8. The van der Waals surface area contributed by atoms with Gasteiger partial charge in [0.05, 0.1) is 19.6 Å². The van der Waals surface area contributed by atoms with Crippen LogP contribution in [-0.4, -0.2) is 76.0 Å². The molecule has 1 unspecified atom stereocenters. The highest BCUT2D eigenvalue weighted by atomic mass is 16.7. The van der Waals surface area contributed by atoms with Crippen molar-refractivity contribution in [2.75, 3.05) is 52.7 Å². The Morgan fingerprint density at radius 2 is 1.19 bits per heavy atom. The Bertz CT molecular complexity index is 607. The van der Waals surface area contributed by atoms with Crippen LogP contribution in [0.2, 0.25) is 0 Å². The van der Waals surface area contributed by atoms with Crippen LogP contribution in [0.3, 0.4) is 0 Å². The van der Waals surface area contributed by atoms with E-state index in [1.165, 1.54) is 77.0 Å². The Morgan fingerprint density at radius 3 is 1.79 bits per heavy atom. The van der Waals surface area contributed by atoms with E-state index in [0.717, 1.165) is 51.7 Å². The van der Waals surface area contributed by atoms with Crippen LogP contribution in [0.25, 0.3) is 0 Å². The Hall–Kier alpha value is -1.38. The normalized spacial score (nSPS) is 15.0. The van der Waals surface area contributed by atoms with Gasteiger partial charge in [0.1, 0.15) is 6.61 Å². The van der Waals surface area contributed by atoms with Gasteiger partial charge in [-0.2, -0.15) is 0 Å². The summed E-state index contributed by atoms with van der Waals surface area (Å²) in [6.07, 6.45) is 20.1. The van der Waals surface area contributed by atoms with Crippen LogP contribution >= 0.6 is 0 Å². The van der Waals surface area contributed by atoms with E-state index < -0.39 is 6.16 Å². The maximum absolute atomic E-state index is 12.4. The molecule has 0 bridgehead atoms. The Morgan fingerprint density at radius 1 is 0.643 bits per heavy atom. The first kappa shape index (κ1) is 38.6. The van der Waals surface area contributed by atoms with Crippen LogP contribution in [-0.2, 0) is 28.5 Å². The van der Waals surface area contributed by atoms with E-state index in [1.54, 1.807) is 0 Å². The molecular formula is C34H65NO7. The van der Waals surface area contributed by atoms with E-state index in [2.05, 4.69) is 18.7 Å². The van der Waals surface area contributed by atoms with E-state index in [9.17, 15) is 9.59 Å². The van der Waals surface area contributed by atoms with Crippen LogP contribution in [0, 0.1) is 5.92 Å². The third-order valence-corrected chi connectivity index (χ3v) is 7.74. The molecule has 0 radical (unpaired) electrons. The molecule has 0 N–H and O–H groups in total. The zero-order valence-corrected chi connectivity index (χ0v) is 27.6. The summed E-state index contributed by atoms with van der Waals surface area (Å²) in [4.78, 5) is 26.8. The first-order chi connectivity index (χ1) is 20.5. The molecular weight excluding hydrogens is 534 g/mol. The Balaban J connectivity index is 2.18. The molecule has 0 aliphatic carbocycles. The summed E-state index contributed by atoms with van der Waals surface area (Å²) < 4.78 is 27.9. The van der Waals surface area contributed by atoms with E-state index in [4.69, 9.17) is 23.7 Å². The molecule has 1 aliphatic rings. The third-order valence-electron chi connectivity index (χ3n) is 7.74. The molecule has 0 saturated carbocycles. The predicted octanol–water partition coefficient (Wildman–Crippen LogP) is 8.45. The van der Waals surface area contributed by atoms with Crippen LogP contribution in [0.1, 0.15) is 143 Å². The smallest absolute Gasteiger partial charge is 0.465 e. The lowest BCUT2D eigenvalue weighted by Gasteiger charge is -2.19. The van der Waals surface area contributed by atoms with E-state index in [-0.39, 0.29) is 37.8 Å². The first-order valence-corrected chi connectivity index (χ1v) is 17.5. The number of ether oxygens (including phenoxy) is 5. The molecule has 0 aromatic carbocycles. The standard InChI is InChI=1S/C34H65NO7/c1-4-6-8-10-14-18-26-38-33(39-27-19-15-11-9-7-5-2)22-21-32(36)41-29-31(3)30-42-34(37)40-28-20-25-35-23-16-12-13-17-24-35/h31,33H,4-30H2,1-3H3. The van der Waals surface area contributed by atoms with Gasteiger partial charge in [-0.15, -0.1) is 0 Å². The van der Waals surface area contributed by atoms with Gasteiger partial charge in [0.25, 0.3) is 0 Å². The van der Waals surface area contributed by atoms with Crippen LogP contribution < -0.4 is 0 Å². The fourth-order valence-electron chi connectivity index (χ4n) is 5.06. The van der Waals surface area contributed by atoms with Crippen molar-refractivity contribution < 1.29 is 33.3 Å². The molecule has 248 valence electrons. The molecule has 1 heterocycles. The van der Waals surface area contributed by atoms with Gasteiger partial charge in [-0.05, 0) is 45.2 Å². The molecule has 8 heteroatoms. The maximum Gasteiger partial charge on any atom is 0.508 e. The molecule has 0 spiro atoms. The predicted molar refractivity (Wildman–Crippen MR) is 169 cm³/mol. The number of likely N-dealkylation sites (tertiary alicyclic amines) is 1. The molecule has 1 fully saturated rings. The van der Waals surface area contributed by atoms with Gasteiger partial charge in [-0.1, -0.05) is 97.8 Å². The summed E-state index contributed by atoms with van der Waals surface area (Å²) in [6, 6.07) is 0. The highest BCUT2D eigenvalue weighted by Crippen LogP contribution is 2.13. The third kappa shape index (κ3) is 24.1. The number of hydrogen-bond donors (Lipinski definition) is 0. The number of unbranched alkanes of at least 4 members (excludes halogenated alkanes) is 10. The second-order valence-corrected chi connectivity index (χ2v) is 12.1. The monoisotopic (exact) mass is 599 g/mol. The van der Waals surface area contributed by atoms with Crippen molar-refractivity contribution in [3.8, 4) is 0 Å². The fraction of sp³-hybridized carbons (Fsp3) is 0.941. The molecule has 1 atom stereocenters. The number of nitrogens with zero attached hydrogens (tertiary/aromatic N) is 1. The largest absolute Gasteiger partial charge is 0.508 e. The van der Waals surface area contributed by atoms with Crippen LogP contribution in [0.15, 0.2) is 0 Å². The summed E-state index contributed by atoms with van der Waals surface area (Å²) in [6.45, 7) is 11.6. The van der Waals surface area contributed by atoms with Gasteiger partial charge in [0, 0.05) is 32.1 Å². The van der Waals surface area contributed by atoms with Crippen molar-refractivity contribution in [2.24, 2.45) is 5.92 Å². The highest BCUT2D eigenvalue weighted by Gasteiger charge is 2.16. The van der Waals surface area contributed by atoms with E-state index in [1.807, 2.05) is 6.92 Å². The van der Waals surface area contributed by atoms with Gasteiger partial charge >= 0.3 is 12.1 Å². The molecule has 0 aromatic rings. The lowest BCUT2D eigenvalue weighted by Crippen LogP contribution is -2.27. The van der Waals surface area contributed by atoms with Crippen LogP contribution in [0.4, 0.5) is 4.79 Å². The zero-order chi connectivity index (χ0) is 30.5. The SMILES string of the molecule is CCCCCCCCOC(CCC(=O)OCC(C)COC(=O)OCCCN1CCCCCC1)OCCCCCCCC. The molecule has 1 aliphatic heterocycles. The fourth-order valence-corrected chi connectivity index (χ4v) is 5.06. The molecule has 0 aromatic heterocycles. The summed E-state index contributed by atoms with van der Waals surface area (Å²) >= 11 is 0. The second-order valence-electron chi connectivity index (χ2n) is 12.1. The second kappa shape index (κ2) is 28.4. The van der Waals surface area contributed by atoms with Crippen molar-refractivity contribution >= 4 is 12.1 Å². The number of carbonyl (C=O) groups excluding carboxylic acids is 2. The quantitative estimate of drug-likeness (QED) is 0.0528. The molecule has 0 amide bonds. The average molecular weight is 600 g/mol. The molecule has 1 saturated heterocycles. The Labute approximate surface area is 257 Å². The minimum Gasteiger partial charge on any atom is -0.465 e. The first-order valence-electron chi connectivity index (χ1n) is 17.5. The molecule has 8 nitrogen and oxygen atoms in total. The summed E-state index contributed by atoms with van der Waals surface area (Å²) in [5, 5.41) is 0. The highest BCUT2D eigenvalue weighted by molar-refractivity contribution is 5.69. The molecule has 42 heavy (non-hydrogen) atoms. The van der Waals surface area contributed by atoms with E-state index in [0.29, 0.717) is 26.2 Å². The van der Waals surface area contributed by atoms with E-state index >= 15 is 0 Å². The van der Waals surface area contributed by atoms with Gasteiger partial charge in [0.15, 0.2) is 6.29 Å². The lowest BCUT2D eigenvalue weighted by atomic mass is 10.1. The summed E-state index contributed by atoms with van der Waals surface area (Å²) in [7, 11) is 0. The summed E-state index contributed by atoms with van der Waals surface area (Å²) in [5.41, 5.74) is 0. The van der Waals surface area contributed by atoms with Crippen molar-refractivity contribution in [1.29, 1.82) is 0 Å². The number of esters is 1. The lowest BCUT2D eigenvalue weighted by molar-refractivity contribution is -0.160. The van der Waals surface area contributed by atoms with Crippen molar-refractivity contribution in [2.45, 2.75) is 149 Å². The maximum atomic E-state index is 12.4. The summed E-state index contributed by atoms with van der Waals surface area (Å²) in [5.74, 6) is -0.392. The van der Waals surface area contributed by atoms with Crippen LogP contribution in [0.5, 0.6) is 0 Å². The van der Waals surface area contributed by atoms with Crippen molar-refractivity contribution in [1.82, 2.24) is 4.90 Å². The molecule has 1 rings (SSSR count). The number of rotatable bonds is 27. The zero-order valence-electron chi connectivity index (χ0n) is 27.6. The minimum atomic E-state index is -0.656. The minimum absolute atomic E-state index is 0.109. The topological polar surface area (TPSA) is 83.5 Å². The van der Waals surface area contributed by atoms with Gasteiger partial charge in [0.2, 0.25) is 0 Å². The van der Waals surface area contributed by atoms with Crippen molar-refractivity contribution in [3.05, 3.63) is 0 Å². The van der Waals surface area contributed by atoms with Gasteiger partial charge in [-0.3, -0.25) is 4.79 Å². The van der Waals surface area contributed by atoms with Gasteiger partial charge in [-0.25, -0.2) is 4.79 Å². The van der Waals surface area contributed by atoms with Gasteiger partial charge < -0.3 is 28.6 Å². The average Bonchev–Trinajstić information content (AvgIpc) is 3.27.